The smallest absolute Gasteiger partial charge is 0.200 e. The molecule has 0 aliphatic carbocycles. The van der Waals surface area contributed by atoms with E-state index in [-0.39, 0.29) is 68.2 Å². The minimum Gasteiger partial charge on any atom is -0.508 e. The lowest BCUT2D eigenvalue weighted by Gasteiger charge is -2.15. The van der Waals surface area contributed by atoms with Crippen LogP contribution in [0.3, 0.4) is 0 Å². The molecular weight excluding hydrogens is 456 g/mol. The molecule has 0 aliphatic heterocycles. The number of rotatable bonds is 5. The summed E-state index contributed by atoms with van der Waals surface area (Å²) in [5.41, 5.74) is -0.202. The Morgan fingerprint density at radius 1 is 0.771 bits per heavy atom. The molecule has 9 nitrogen and oxygen atoms in total. The van der Waals surface area contributed by atoms with Crippen molar-refractivity contribution in [1.29, 1.82) is 0 Å². The number of hydrogen-bond acceptors (Lipinski definition) is 9. The van der Waals surface area contributed by atoms with E-state index in [1.807, 2.05) is 0 Å². The number of benzene rings is 3. The summed E-state index contributed by atoms with van der Waals surface area (Å²) in [6, 6.07) is 7.55. The fourth-order valence-corrected chi connectivity index (χ4v) is 4.30. The van der Waals surface area contributed by atoms with Gasteiger partial charge in [0.1, 0.15) is 41.3 Å². The van der Waals surface area contributed by atoms with Gasteiger partial charge in [0.2, 0.25) is 10.9 Å². The Balaban J connectivity index is 1.96. The summed E-state index contributed by atoms with van der Waals surface area (Å²) >= 11 is 0. The molecule has 0 amide bonds. The van der Waals surface area contributed by atoms with Crippen molar-refractivity contribution in [3.8, 4) is 28.4 Å². The Labute approximate surface area is 195 Å². The molecule has 0 saturated heterocycles. The number of carbonyl (C=O) groups is 2. The lowest BCUT2D eigenvalue weighted by Crippen LogP contribution is -2.12. The molecule has 174 valence electrons. The molecule has 0 unspecified atom stereocenters. The van der Waals surface area contributed by atoms with Crippen molar-refractivity contribution in [2.24, 2.45) is 0 Å². The van der Waals surface area contributed by atoms with E-state index in [1.165, 1.54) is 24.3 Å². The molecule has 5 rings (SSSR count). The topological polar surface area (TPSA) is 155 Å². The van der Waals surface area contributed by atoms with Crippen LogP contribution in [0.5, 0.6) is 17.2 Å². The van der Waals surface area contributed by atoms with E-state index >= 15 is 0 Å². The molecule has 0 atom stereocenters. The third-order valence-electron chi connectivity index (χ3n) is 5.86. The molecular formula is C26H16O9. The first-order valence-corrected chi connectivity index (χ1v) is 10.4. The van der Waals surface area contributed by atoms with Gasteiger partial charge in [-0.25, -0.2) is 0 Å². The summed E-state index contributed by atoms with van der Waals surface area (Å²) in [5, 5.41) is 29.6. The van der Waals surface area contributed by atoms with Crippen molar-refractivity contribution in [2.75, 3.05) is 0 Å². The second-order valence-electron chi connectivity index (χ2n) is 7.93. The molecule has 0 bridgehead atoms. The van der Waals surface area contributed by atoms with E-state index in [0.717, 1.165) is 18.4 Å². The van der Waals surface area contributed by atoms with E-state index in [4.69, 9.17) is 8.83 Å². The summed E-state index contributed by atoms with van der Waals surface area (Å²) in [6.07, 6.45) is 1.90. The first kappa shape index (κ1) is 21.9. The van der Waals surface area contributed by atoms with Gasteiger partial charge < -0.3 is 33.7 Å². The van der Waals surface area contributed by atoms with Crippen LogP contribution in [0.15, 0.2) is 61.1 Å². The minimum atomic E-state index is -0.552. The standard InChI is InChI=1S/C26H16O9/c27-5-3-12-7-17-25(33)16-9-19(30)20(31)10-22(16)35-26(17)15(4-6-28)23(12)18-11-34-21-8-13(29)1-2-14(21)24(18)32/h1-2,5-11,29-31H,3-4H2. The lowest BCUT2D eigenvalue weighted by atomic mass is 9.89. The average Bonchev–Trinajstić information content (AvgIpc) is 2.82. The van der Waals surface area contributed by atoms with Gasteiger partial charge in [0.05, 0.1) is 21.7 Å². The van der Waals surface area contributed by atoms with Gasteiger partial charge in [0.15, 0.2) is 11.5 Å². The maximum Gasteiger partial charge on any atom is 0.200 e. The third kappa shape index (κ3) is 3.41. The quantitative estimate of drug-likeness (QED) is 0.198. The zero-order valence-corrected chi connectivity index (χ0v) is 17.9. The molecule has 0 saturated carbocycles. The van der Waals surface area contributed by atoms with Gasteiger partial charge in [0.25, 0.3) is 0 Å². The Morgan fingerprint density at radius 2 is 1.51 bits per heavy atom. The first-order valence-electron chi connectivity index (χ1n) is 10.4. The Kier molecular flexibility index (Phi) is 5.09. The molecule has 0 radical (unpaired) electrons. The number of phenols is 3. The largest absolute Gasteiger partial charge is 0.508 e. The molecule has 0 aliphatic rings. The highest BCUT2D eigenvalue weighted by molar-refractivity contribution is 5.98. The fourth-order valence-electron chi connectivity index (χ4n) is 4.30. The van der Waals surface area contributed by atoms with E-state index in [9.17, 15) is 34.5 Å². The monoisotopic (exact) mass is 472 g/mol. The Bertz CT molecular complexity index is 1810. The van der Waals surface area contributed by atoms with Crippen LogP contribution in [0.1, 0.15) is 11.1 Å². The molecule has 35 heavy (non-hydrogen) atoms. The maximum absolute atomic E-state index is 13.4. The zero-order chi connectivity index (χ0) is 24.9. The molecule has 2 aromatic heterocycles. The zero-order valence-electron chi connectivity index (χ0n) is 17.9. The van der Waals surface area contributed by atoms with Crippen LogP contribution in [0.25, 0.3) is 44.0 Å². The van der Waals surface area contributed by atoms with Gasteiger partial charge in [-0.2, -0.15) is 0 Å². The van der Waals surface area contributed by atoms with E-state index < -0.39 is 22.4 Å². The number of fused-ring (bicyclic) bond motifs is 3. The summed E-state index contributed by atoms with van der Waals surface area (Å²) < 4.78 is 11.5. The van der Waals surface area contributed by atoms with E-state index in [2.05, 4.69) is 0 Å². The van der Waals surface area contributed by atoms with Crippen LogP contribution in [0, 0.1) is 0 Å². The van der Waals surface area contributed by atoms with Gasteiger partial charge in [0, 0.05) is 30.5 Å². The number of hydrogen-bond donors (Lipinski definition) is 3. The van der Waals surface area contributed by atoms with Gasteiger partial charge in [-0.05, 0) is 35.4 Å². The summed E-state index contributed by atoms with van der Waals surface area (Å²) in [6.45, 7) is 0. The third-order valence-corrected chi connectivity index (χ3v) is 5.86. The van der Waals surface area contributed by atoms with Crippen LogP contribution in [0.2, 0.25) is 0 Å². The molecule has 0 fully saturated rings. The number of phenolic OH excluding ortho intramolecular Hbond substituents is 3. The first-order chi connectivity index (χ1) is 16.8. The predicted octanol–water partition coefficient (Wildman–Crippen LogP) is 3.32. The second kappa shape index (κ2) is 8.14. The fraction of sp³-hybridized carbons (Fsp3) is 0.0769. The van der Waals surface area contributed by atoms with Crippen LogP contribution in [0.4, 0.5) is 0 Å². The SMILES string of the molecule is O=CCc1cc2c(=O)c3cc(O)c(O)cc3oc2c(CC=O)c1-c1coc2cc(O)ccc2c1=O. The number of carbonyl (C=O) groups excluding carboxylic acids is 2. The average molecular weight is 472 g/mol. The van der Waals surface area contributed by atoms with Crippen molar-refractivity contribution in [3.05, 3.63) is 74.2 Å². The van der Waals surface area contributed by atoms with Crippen molar-refractivity contribution >= 4 is 45.5 Å². The lowest BCUT2D eigenvalue weighted by molar-refractivity contribution is -0.108. The second-order valence-corrected chi connectivity index (χ2v) is 7.93. The van der Waals surface area contributed by atoms with Gasteiger partial charge in [-0.1, -0.05) is 0 Å². The predicted molar refractivity (Wildman–Crippen MR) is 126 cm³/mol. The minimum absolute atomic E-state index is 0.00505. The number of aromatic hydroxyl groups is 3. The highest BCUT2D eigenvalue weighted by atomic mass is 16.3. The highest BCUT2D eigenvalue weighted by Crippen LogP contribution is 2.36. The summed E-state index contributed by atoms with van der Waals surface area (Å²) in [4.78, 5) is 49.8. The summed E-state index contributed by atoms with van der Waals surface area (Å²) in [5.74, 6) is -1.11. The molecule has 9 heteroatoms. The van der Waals surface area contributed by atoms with E-state index in [0.29, 0.717) is 18.1 Å². The van der Waals surface area contributed by atoms with Crippen LogP contribution in [-0.4, -0.2) is 27.9 Å². The van der Waals surface area contributed by atoms with Crippen molar-refractivity contribution in [1.82, 2.24) is 0 Å². The number of aldehydes is 2. The van der Waals surface area contributed by atoms with Crippen LogP contribution >= 0.6 is 0 Å². The highest BCUT2D eigenvalue weighted by Gasteiger charge is 2.23. The summed E-state index contributed by atoms with van der Waals surface area (Å²) in [7, 11) is 0. The van der Waals surface area contributed by atoms with Gasteiger partial charge in [-0.15, -0.1) is 0 Å². The Morgan fingerprint density at radius 3 is 2.26 bits per heavy atom. The normalized spacial score (nSPS) is 11.3. The molecule has 5 aromatic rings. The van der Waals surface area contributed by atoms with E-state index in [1.54, 1.807) is 0 Å². The van der Waals surface area contributed by atoms with Gasteiger partial charge in [-0.3, -0.25) is 9.59 Å². The van der Waals surface area contributed by atoms with Crippen LogP contribution < -0.4 is 10.9 Å². The molecule has 3 N–H and O–H groups in total. The molecule has 0 spiro atoms. The Hall–Kier alpha value is -4.92. The van der Waals surface area contributed by atoms with Gasteiger partial charge >= 0.3 is 0 Å². The molecule has 2 heterocycles. The van der Waals surface area contributed by atoms with Crippen molar-refractivity contribution < 1.29 is 33.7 Å². The van der Waals surface area contributed by atoms with Crippen molar-refractivity contribution in [3.63, 3.8) is 0 Å². The maximum atomic E-state index is 13.4. The van der Waals surface area contributed by atoms with Crippen molar-refractivity contribution in [2.45, 2.75) is 12.8 Å². The molecule has 3 aromatic carbocycles. The van der Waals surface area contributed by atoms with Crippen LogP contribution in [-0.2, 0) is 22.4 Å².